The molecule has 138 valence electrons. The molecule has 3 aromatic heterocycles. The fourth-order valence-corrected chi connectivity index (χ4v) is 2.98. The van der Waals surface area contributed by atoms with E-state index in [9.17, 15) is 9.59 Å². The van der Waals surface area contributed by atoms with Crippen molar-refractivity contribution in [2.45, 2.75) is 19.5 Å². The minimum atomic E-state index is -0.748. The molecule has 0 radical (unpaired) electrons. The molecule has 1 aromatic carbocycles. The van der Waals surface area contributed by atoms with Gasteiger partial charge >= 0.3 is 0 Å². The third-order valence-corrected chi connectivity index (χ3v) is 4.55. The molecule has 8 heteroatoms. The standard InChI is InChI=1S/C19H18N4O4/c1-12(18(24)20-10-13-3-5-14(26-2)6-4-13)23-19(25)16-9-17-15(7-8-27-17)22(16)11-21-23/h3-9,11-12H,10H2,1-2H3,(H,20,24)/t12-/m0/s1. The molecule has 1 N–H and O–H groups in total. The third kappa shape index (κ3) is 2.95. The number of benzene rings is 1. The van der Waals surface area contributed by atoms with Crippen LogP contribution in [0.2, 0.25) is 0 Å². The van der Waals surface area contributed by atoms with Crippen LogP contribution in [0.25, 0.3) is 16.6 Å². The number of nitrogens with zero attached hydrogens (tertiary/aromatic N) is 3. The number of nitrogens with one attached hydrogen (secondary N) is 1. The molecule has 3 heterocycles. The van der Waals surface area contributed by atoms with E-state index in [1.807, 2.05) is 24.3 Å². The van der Waals surface area contributed by atoms with Crippen LogP contribution in [0, 0.1) is 0 Å². The molecule has 4 rings (SSSR count). The molecule has 0 spiro atoms. The van der Waals surface area contributed by atoms with Crippen LogP contribution in [0.4, 0.5) is 0 Å². The number of ether oxygens (including phenoxy) is 1. The lowest BCUT2D eigenvalue weighted by Gasteiger charge is -2.14. The first-order valence-corrected chi connectivity index (χ1v) is 8.45. The van der Waals surface area contributed by atoms with Gasteiger partial charge < -0.3 is 14.5 Å². The van der Waals surface area contributed by atoms with Crippen LogP contribution in [0.3, 0.4) is 0 Å². The maximum absolute atomic E-state index is 12.7. The largest absolute Gasteiger partial charge is 0.497 e. The lowest BCUT2D eigenvalue weighted by atomic mass is 10.2. The molecular formula is C19H18N4O4. The zero-order chi connectivity index (χ0) is 19.0. The van der Waals surface area contributed by atoms with Crippen molar-refractivity contribution in [3.63, 3.8) is 0 Å². The average Bonchev–Trinajstić information content (AvgIpc) is 3.28. The van der Waals surface area contributed by atoms with E-state index >= 15 is 0 Å². The number of amides is 1. The number of aromatic nitrogens is 3. The number of fused-ring (bicyclic) bond motifs is 3. The maximum atomic E-state index is 12.7. The number of carbonyl (C=O) groups excluding carboxylic acids is 1. The molecule has 0 aliphatic carbocycles. The molecule has 0 fully saturated rings. The molecule has 27 heavy (non-hydrogen) atoms. The highest BCUT2D eigenvalue weighted by Gasteiger charge is 2.19. The van der Waals surface area contributed by atoms with Gasteiger partial charge in [0, 0.05) is 18.7 Å². The molecule has 1 amide bonds. The fraction of sp³-hybridized carbons (Fsp3) is 0.211. The SMILES string of the molecule is COc1ccc(CNC(=O)[C@H](C)n2ncn3c(cc4occc43)c2=O)cc1. The molecule has 0 aliphatic rings. The number of carbonyl (C=O) groups is 1. The van der Waals surface area contributed by atoms with Crippen molar-refractivity contribution in [1.29, 1.82) is 0 Å². The zero-order valence-electron chi connectivity index (χ0n) is 14.9. The summed E-state index contributed by atoms with van der Waals surface area (Å²) in [6.07, 6.45) is 3.07. The lowest BCUT2D eigenvalue weighted by molar-refractivity contribution is -0.124. The van der Waals surface area contributed by atoms with Gasteiger partial charge in [-0.1, -0.05) is 12.1 Å². The summed E-state index contributed by atoms with van der Waals surface area (Å²) in [6, 6.07) is 10.1. The Bertz CT molecular complexity index is 1170. The van der Waals surface area contributed by atoms with Crippen LogP contribution >= 0.6 is 0 Å². The molecular weight excluding hydrogens is 348 g/mol. The van der Waals surface area contributed by atoms with Crippen molar-refractivity contribution < 1.29 is 13.9 Å². The topological polar surface area (TPSA) is 90.8 Å². The van der Waals surface area contributed by atoms with Crippen molar-refractivity contribution in [3.05, 3.63) is 64.9 Å². The summed E-state index contributed by atoms with van der Waals surface area (Å²) in [5.41, 5.74) is 2.35. The van der Waals surface area contributed by atoms with Gasteiger partial charge in [-0.05, 0) is 24.6 Å². The van der Waals surface area contributed by atoms with E-state index in [-0.39, 0.29) is 11.5 Å². The molecule has 1 atom stereocenters. The van der Waals surface area contributed by atoms with Gasteiger partial charge in [0.15, 0.2) is 5.58 Å². The highest BCUT2D eigenvalue weighted by Crippen LogP contribution is 2.18. The van der Waals surface area contributed by atoms with Gasteiger partial charge in [-0.3, -0.25) is 14.0 Å². The van der Waals surface area contributed by atoms with Gasteiger partial charge in [-0.25, -0.2) is 4.68 Å². The Balaban J connectivity index is 1.54. The van der Waals surface area contributed by atoms with Crippen molar-refractivity contribution in [3.8, 4) is 5.75 Å². The first-order valence-electron chi connectivity index (χ1n) is 8.45. The predicted octanol–water partition coefficient (Wildman–Crippen LogP) is 2.13. The summed E-state index contributed by atoms with van der Waals surface area (Å²) in [4.78, 5) is 25.2. The third-order valence-electron chi connectivity index (χ3n) is 4.55. The second kappa shape index (κ2) is 6.64. The summed E-state index contributed by atoms with van der Waals surface area (Å²) < 4.78 is 13.3. The quantitative estimate of drug-likeness (QED) is 0.584. The Morgan fingerprint density at radius 1 is 1.26 bits per heavy atom. The molecule has 0 unspecified atom stereocenters. The average molecular weight is 366 g/mol. The predicted molar refractivity (Wildman–Crippen MR) is 98.8 cm³/mol. The van der Waals surface area contributed by atoms with Gasteiger partial charge in [0.05, 0.1) is 18.9 Å². The Kier molecular flexibility index (Phi) is 4.15. The first-order chi connectivity index (χ1) is 13.1. The highest BCUT2D eigenvalue weighted by atomic mass is 16.5. The Hall–Kier alpha value is -3.55. The van der Waals surface area contributed by atoms with E-state index in [1.54, 1.807) is 36.8 Å². The molecule has 0 saturated heterocycles. The monoisotopic (exact) mass is 366 g/mol. The van der Waals surface area contributed by atoms with Gasteiger partial charge in [-0.15, -0.1) is 0 Å². The van der Waals surface area contributed by atoms with Crippen LogP contribution in [0.15, 0.2) is 58.2 Å². The number of hydrogen-bond acceptors (Lipinski definition) is 5. The number of furan rings is 1. The normalized spacial score (nSPS) is 12.4. The molecule has 0 bridgehead atoms. The van der Waals surface area contributed by atoms with Crippen molar-refractivity contribution >= 4 is 22.5 Å². The van der Waals surface area contributed by atoms with Gasteiger partial charge in [0.1, 0.15) is 23.6 Å². The van der Waals surface area contributed by atoms with E-state index in [1.165, 1.54) is 11.0 Å². The van der Waals surface area contributed by atoms with Crippen LogP contribution in [-0.2, 0) is 11.3 Å². The first kappa shape index (κ1) is 16.9. The smallest absolute Gasteiger partial charge is 0.291 e. The molecule has 0 aliphatic heterocycles. The number of rotatable bonds is 5. The van der Waals surface area contributed by atoms with Crippen LogP contribution in [0.5, 0.6) is 5.75 Å². The minimum absolute atomic E-state index is 0.292. The van der Waals surface area contributed by atoms with Crippen LogP contribution in [0.1, 0.15) is 18.5 Å². The summed E-state index contributed by atoms with van der Waals surface area (Å²) in [5.74, 6) is 0.459. The number of methoxy groups -OCH3 is 1. The van der Waals surface area contributed by atoms with Crippen LogP contribution < -0.4 is 15.6 Å². The van der Waals surface area contributed by atoms with E-state index in [0.717, 1.165) is 16.8 Å². The Labute approximate surface area is 154 Å². The number of hydrogen-bond donors (Lipinski definition) is 1. The van der Waals surface area contributed by atoms with Gasteiger partial charge in [0.2, 0.25) is 5.91 Å². The second-order valence-corrected chi connectivity index (χ2v) is 6.19. The Morgan fingerprint density at radius 3 is 2.78 bits per heavy atom. The maximum Gasteiger partial charge on any atom is 0.291 e. The van der Waals surface area contributed by atoms with E-state index < -0.39 is 6.04 Å². The van der Waals surface area contributed by atoms with E-state index in [4.69, 9.17) is 9.15 Å². The summed E-state index contributed by atoms with van der Waals surface area (Å²) in [5, 5.41) is 6.98. The minimum Gasteiger partial charge on any atom is -0.497 e. The van der Waals surface area contributed by atoms with Crippen molar-refractivity contribution in [2.75, 3.05) is 7.11 Å². The summed E-state index contributed by atoms with van der Waals surface area (Å²) in [6.45, 7) is 1.99. The molecule has 0 saturated carbocycles. The summed E-state index contributed by atoms with van der Waals surface area (Å²) in [7, 11) is 1.60. The Morgan fingerprint density at radius 2 is 2.04 bits per heavy atom. The van der Waals surface area contributed by atoms with Crippen molar-refractivity contribution in [1.82, 2.24) is 19.5 Å². The van der Waals surface area contributed by atoms with Gasteiger partial charge in [0.25, 0.3) is 5.56 Å². The van der Waals surface area contributed by atoms with Gasteiger partial charge in [-0.2, -0.15) is 5.10 Å². The van der Waals surface area contributed by atoms with E-state index in [0.29, 0.717) is 17.6 Å². The van der Waals surface area contributed by atoms with Crippen molar-refractivity contribution in [2.24, 2.45) is 0 Å². The molecule has 8 nitrogen and oxygen atoms in total. The lowest BCUT2D eigenvalue weighted by Crippen LogP contribution is -2.37. The van der Waals surface area contributed by atoms with E-state index in [2.05, 4.69) is 10.4 Å². The highest BCUT2D eigenvalue weighted by molar-refractivity contribution is 5.82. The fourth-order valence-electron chi connectivity index (χ4n) is 2.98. The van der Waals surface area contributed by atoms with Crippen LogP contribution in [-0.4, -0.2) is 27.2 Å². The zero-order valence-corrected chi connectivity index (χ0v) is 14.9. The summed E-state index contributed by atoms with van der Waals surface area (Å²) >= 11 is 0. The second-order valence-electron chi connectivity index (χ2n) is 6.19. The molecule has 4 aromatic rings.